The lowest BCUT2D eigenvalue weighted by molar-refractivity contribution is 0.556. The van der Waals surface area contributed by atoms with Crippen molar-refractivity contribution in [3.63, 3.8) is 0 Å². The molecular formula is C10H8ClNO. The highest BCUT2D eigenvalue weighted by Crippen LogP contribution is 2.49. The van der Waals surface area contributed by atoms with Crippen molar-refractivity contribution in [3.8, 4) is 0 Å². The number of rotatable bonds is 2. The molecule has 1 aliphatic rings. The minimum Gasteiger partial charge on any atom is -0.211 e. The Morgan fingerprint density at radius 2 is 1.92 bits per heavy atom. The molecule has 3 heteroatoms. The molecule has 1 aliphatic carbocycles. The normalized spacial score (nSPS) is 17.6. The van der Waals surface area contributed by atoms with Gasteiger partial charge in [-0.15, -0.1) is 0 Å². The van der Waals surface area contributed by atoms with Crippen LogP contribution in [0.3, 0.4) is 0 Å². The molecule has 66 valence electrons. The molecule has 2 nitrogen and oxygen atoms in total. The second-order valence-electron chi connectivity index (χ2n) is 3.24. The predicted octanol–water partition coefficient (Wildman–Crippen LogP) is 2.66. The van der Waals surface area contributed by atoms with E-state index in [9.17, 15) is 4.79 Å². The first-order chi connectivity index (χ1) is 6.27. The van der Waals surface area contributed by atoms with Gasteiger partial charge in [0.2, 0.25) is 6.08 Å². The molecule has 1 aromatic rings. The van der Waals surface area contributed by atoms with Gasteiger partial charge >= 0.3 is 0 Å². The number of aliphatic imine (C=N–C) groups is 1. The standard InChI is InChI=1S/C10H8ClNO/c11-9-3-1-8(2-4-9)10(5-6-10)12-7-13/h1-4H,5-6H2. The average molecular weight is 194 g/mol. The van der Waals surface area contributed by atoms with Crippen LogP contribution in [0, 0.1) is 0 Å². The van der Waals surface area contributed by atoms with Crippen LogP contribution in [-0.4, -0.2) is 6.08 Å². The first-order valence-electron chi connectivity index (χ1n) is 4.12. The van der Waals surface area contributed by atoms with E-state index in [1.807, 2.05) is 24.3 Å². The number of hydrogen-bond donors (Lipinski definition) is 0. The summed E-state index contributed by atoms with van der Waals surface area (Å²) >= 11 is 5.75. The summed E-state index contributed by atoms with van der Waals surface area (Å²) in [5.41, 5.74) is 0.784. The van der Waals surface area contributed by atoms with E-state index >= 15 is 0 Å². The molecule has 1 fully saturated rings. The van der Waals surface area contributed by atoms with E-state index in [0.717, 1.165) is 18.4 Å². The van der Waals surface area contributed by atoms with E-state index < -0.39 is 0 Å². The van der Waals surface area contributed by atoms with Crippen LogP contribution in [0.2, 0.25) is 5.02 Å². The Kier molecular flexibility index (Phi) is 1.95. The van der Waals surface area contributed by atoms with Crippen molar-refractivity contribution >= 4 is 17.7 Å². The topological polar surface area (TPSA) is 29.4 Å². The Morgan fingerprint density at radius 1 is 1.31 bits per heavy atom. The molecule has 0 amide bonds. The van der Waals surface area contributed by atoms with Crippen LogP contribution in [0.1, 0.15) is 18.4 Å². The predicted molar refractivity (Wildman–Crippen MR) is 50.5 cm³/mol. The number of nitrogens with zero attached hydrogens (tertiary/aromatic N) is 1. The lowest BCUT2D eigenvalue weighted by atomic mass is 10.1. The molecule has 0 atom stereocenters. The Bertz CT molecular complexity index is 361. The van der Waals surface area contributed by atoms with Gasteiger partial charge in [0.1, 0.15) is 0 Å². The molecular weight excluding hydrogens is 186 g/mol. The maximum Gasteiger partial charge on any atom is 0.235 e. The fraction of sp³-hybridized carbons (Fsp3) is 0.300. The third kappa shape index (κ3) is 1.51. The third-order valence-corrected chi connectivity index (χ3v) is 2.62. The van der Waals surface area contributed by atoms with Gasteiger partial charge in [-0.25, -0.2) is 4.79 Å². The molecule has 1 aromatic carbocycles. The van der Waals surface area contributed by atoms with Gasteiger partial charge < -0.3 is 0 Å². The first-order valence-corrected chi connectivity index (χ1v) is 4.50. The van der Waals surface area contributed by atoms with Crippen molar-refractivity contribution in [1.82, 2.24) is 0 Å². The smallest absolute Gasteiger partial charge is 0.211 e. The molecule has 2 rings (SSSR count). The Balaban J connectivity index is 2.35. The summed E-state index contributed by atoms with van der Waals surface area (Å²) in [4.78, 5) is 14.0. The highest BCUT2D eigenvalue weighted by atomic mass is 35.5. The molecule has 0 saturated heterocycles. The third-order valence-electron chi connectivity index (χ3n) is 2.36. The zero-order chi connectivity index (χ0) is 9.31. The quantitative estimate of drug-likeness (QED) is 0.525. The Labute approximate surface area is 81.2 Å². The number of halogens is 1. The van der Waals surface area contributed by atoms with E-state index in [1.54, 1.807) is 6.08 Å². The second kappa shape index (κ2) is 2.99. The molecule has 1 saturated carbocycles. The van der Waals surface area contributed by atoms with E-state index in [4.69, 9.17) is 11.6 Å². The summed E-state index contributed by atoms with van der Waals surface area (Å²) in [5, 5.41) is 0.703. The molecule has 0 radical (unpaired) electrons. The van der Waals surface area contributed by atoms with E-state index in [0.29, 0.717) is 5.02 Å². The first kappa shape index (κ1) is 8.49. The number of hydrogen-bond acceptors (Lipinski definition) is 2. The minimum absolute atomic E-state index is 0.271. The van der Waals surface area contributed by atoms with Crippen molar-refractivity contribution in [2.45, 2.75) is 18.4 Å². The van der Waals surface area contributed by atoms with E-state index in [-0.39, 0.29) is 5.54 Å². The summed E-state index contributed by atoms with van der Waals surface area (Å²) in [5.74, 6) is 0. The molecule has 0 aliphatic heterocycles. The van der Waals surface area contributed by atoms with Crippen molar-refractivity contribution in [2.75, 3.05) is 0 Å². The zero-order valence-electron chi connectivity index (χ0n) is 6.96. The summed E-state index contributed by atoms with van der Waals surface area (Å²) in [6.45, 7) is 0. The molecule has 13 heavy (non-hydrogen) atoms. The molecule has 0 bridgehead atoms. The average Bonchev–Trinajstić information content (AvgIpc) is 2.87. The van der Waals surface area contributed by atoms with Crippen LogP contribution in [0.25, 0.3) is 0 Å². The summed E-state index contributed by atoms with van der Waals surface area (Å²) in [6.07, 6.45) is 3.49. The monoisotopic (exact) mass is 193 g/mol. The van der Waals surface area contributed by atoms with Gasteiger partial charge in [-0.2, -0.15) is 4.99 Å². The van der Waals surface area contributed by atoms with Gasteiger partial charge in [-0.05, 0) is 30.5 Å². The van der Waals surface area contributed by atoms with Gasteiger partial charge in [0, 0.05) is 5.02 Å². The molecule has 0 spiro atoms. The van der Waals surface area contributed by atoms with Gasteiger partial charge in [0.15, 0.2) is 0 Å². The van der Waals surface area contributed by atoms with Crippen molar-refractivity contribution in [2.24, 2.45) is 4.99 Å². The van der Waals surface area contributed by atoms with Crippen LogP contribution in [0.15, 0.2) is 29.3 Å². The van der Waals surface area contributed by atoms with Crippen molar-refractivity contribution < 1.29 is 4.79 Å². The van der Waals surface area contributed by atoms with Crippen molar-refractivity contribution in [1.29, 1.82) is 0 Å². The van der Waals surface area contributed by atoms with Crippen LogP contribution < -0.4 is 0 Å². The summed E-state index contributed by atoms with van der Waals surface area (Å²) in [6, 6.07) is 7.46. The van der Waals surface area contributed by atoms with E-state index in [2.05, 4.69) is 4.99 Å². The fourth-order valence-electron chi connectivity index (χ4n) is 1.43. The van der Waals surface area contributed by atoms with E-state index in [1.165, 1.54) is 0 Å². The molecule has 0 aromatic heterocycles. The summed E-state index contributed by atoms with van der Waals surface area (Å²) in [7, 11) is 0. The van der Waals surface area contributed by atoms with Crippen molar-refractivity contribution in [3.05, 3.63) is 34.9 Å². The lowest BCUT2D eigenvalue weighted by Crippen LogP contribution is -2.01. The molecule has 0 N–H and O–H groups in total. The van der Waals surface area contributed by atoms with Gasteiger partial charge in [0.25, 0.3) is 0 Å². The second-order valence-corrected chi connectivity index (χ2v) is 3.68. The van der Waals surface area contributed by atoms with Gasteiger partial charge in [-0.1, -0.05) is 23.7 Å². The van der Waals surface area contributed by atoms with Crippen LogP contribution in [0.4, 0.5) is 0 Å². The lowest BCUT2D eigenvalue weighted by Gasteiger charge is -2.06. The number of benzene rings is 1. The highest BCUT2D eigenvalue weighted by molar-refractivity contribution is 6.30. The molecule has 0 unspecified atom stereocenters. The summed E-state index contributed by atoms with van der Waals surface area (Å²) < 4.78 is 0. The number of isocyanates is 1. The molecule has 0 heterocycles. The fourth-order valence-corrected chi connectivity index (χ4v) is 1.56. The Morgan fingerprint density at radius 3 is 2.38 bits per heavy atom. The highest BCUT2D eigenvalue weighted by Gasteiger charge is 2.44. The SMILES string of the molecule is O=C=NC1(c2ccc(Cl)cc2)CC1. The zero-order valence-corrected chi connectivity index (χ0v) is 7.71. The Hall–Kier alpha value is -1.11. The maximum absolute atomic E-state index is 10.2. The van der Waals surface area contributed by atoms with Crippen LogP contribution in [-0.2, 0) is 10.3 Å². The van der Waals surface area contributed by atoms with Gasteiger partial charge in [-0.3, -0.25) is 0 Å². The maximum atomic E-state index is 10.2. The largest absolute Gasteiger partial charge is 0.235 e. The number of carbonyl (C=O) groups excluding carboxylic acids is 1. The van der Waals surface area contributed by atoms with Gasteiger partial charge in [0.05, 0.1) is 5.54 Å². The van der Waals surface area contributed by atoms with Crippen LogP contribution in [0.5, 0.6) is 0 Å². The minimum atomic E-state index is -0.271. The van der Waals surface area contributed by atoms with Crippen LogP contribution >= 0.6 is 11.6 Å².